The third-order valence-corrected chi connectivity index (χ3v) is 4.44. The topological polar surface area (TPSA) is 75.7 Å². The molecule has 0 aliphatic heterocycles. The first-order valence-corrected chi connectivity index (χ1v) is 7.90. The lowest BCUT2D eigenvalue weighted by atomic mass is 10.3. The van der Waals surface area contributed by atoms with Crippen LogP contribution in [0.15, 0.2) is 34.8 Å². The minimum atomic E-state index is -3.20. The van der Waals surface area contributed by atoms with Crippen LogP contribution < -0.4 is 0 Å². The summed E-state index contributed by atoms with van der Waals surface area (Å²) in [6.45, 7) is 0. The van der Waals surface area contributed by atoms with Gasteiger partial charge in [0.2, 0.25) is 0 Å². The minimum absolute atomic E-state index is 0.287. The fraction of sp³-hybridized carbons (Fsp3) is 0.0909. The first kappa shape index (κ1) is 11.4. The SMILES string of the molecule is CS(=O)(=O)c1ccc2nc(-c3cncs3)[nH]c2c1. The predicted molar refractivity (Wildman–Crippen MR) is 70.3 cm³/mol. The highest BCUT2D eigenvalue weighted by Gasteiger charge is 2.11. The standard InChI is InChI=1S/C11H9N3O2S2/c1-18(15,16)7-2-3-8-9(4-7)14-11(13-8)10-5-12-6-17-10/h2-6H,1H3,(H,13,14). The normalized spacial score (nSPS) is 12.1. The number of H-pyrrole nitrogens is 1. The Hall–Kier alpha value is -1.73. The molecule has 0 aliphatic carbocycles. The lowest BCUT2D eigenvalue weighted by Gasteiger charge is -1.96. The third kappa shape index (κ3) is 1.91. The van der Waals surface area contributed by atoms with Gasteiger partial charge < -0.3 is 4.98 Å². The van der Waals surface area contributed by atoms with Gasteiger partial charge in [0.25, 0.3) is 0 Å². The molecule has 18 heavy (non-hydrogen) atoms. The second-order valence-corrected chi connectivity index (χ2v) is 6.80. The molecule has 0 radical (unpaired) electrons. The van der Waals surface area contributed by atoms with E-state index in [0.29, 0.717) is 11.3 Å². The van der Waals surface area contributed by atoms with Crippen molar-refractivity contribution in [2.24, 2.45) is 0 Å². The van der Waals surface area contributed by atoms with E-state index >= 15 is 0 Å². The third-order valence-electron chi connectivity index (χ3n) is 2.55. The highest BCUT2D eigenvalue weighted by Crippen LogP contribution is 2.24. The summed E-state index contributed by atoms with van der Waals surface area (Å²) in [7, 11) is -3.20. The number of rotatable bonds is 2. The Morgan fingerprint density at radius 2 is 2.17 bits per heavy atom. The first-order chi connectivity index (χ1) is 8.54. The zero-order chi connectivity index (χ0) is 12.8. The number of hydrogen-bond donors (Lipinski definition) is 1. The molecular weight excluding hydrogens is 270 g/mol. The van der Waals surface area contributed by atoms with Crippen LogP contribution in [0.3, 0.4) is 0 Å². The van der Waals surface area contributed by atoms with Crippen molar-refractivity contribution < 1.29 is 8.42 Å². The Balaban J connectivity index is 2.19. The van der Waals surface area contributed by atoms with Gasteiger partial charge in [-0.3, -0.25) is 4.98 Å². The number of nitrogens with one attached hydrogen (secondary N) is 1. The van der Waals surface area contributed by atoms with Crippen molar-refractivity contribution in [1.82, 2.24) is 15.0 Å². The number of aromatic amines is 1. The number of benzene rings is 1. The van der Waals surface area contributed by atoms with Gasteiger partial charge >= 0.3 is 0 Å². The van der Waals surface area contributed by atoms with Crippen LogP contribution in [0.4, 0.5) is 0 Å². The average molecular weight is 279 g/mol. The number of sulfone groups is 1. The van der Waals surface area contributed by atoms with Gasteiger partial charge in [0.15, 0.2) is 9.84 Å². The van der Waals surface area contributed by atoms with Crippen LogP contribution in [0.2, 0.25) is 0 Å². The van der Waals surface area contributed by atoms with Crippen LogP contribution in [0, 0.1) is 0 Å². The molecule has 0 atom stereocenters. The summed E-state index contributed by atoms with van der Waals surface area (Å²) >= 11 is 1.48. The summed E-state index contributed by atoms with van der Waals surface area (Å²) < 4.78 is 22.9. The van der Waals surface area contributed by atoms with Gasteiger partial charge in [-0.05, 0) is 18.2 Å². The van der Waals surface area contributed by atoms with Crippen LogP contribution in [0.25, 0.3) is 21.7 Å². The first-order valence-electron chi connectivity index (χ1n) is 5.13. The van der Waals surface area contributed by atoms with E-state index in [2.05, 4.69) is 15.0 Å². The molecule has 2 heterocycles. The van der Waals surface area contributed by atoms with Crippen molar-refractivity contribution in [1.29, 1.82) is 0 Å². The molecule has 7 heteroatoms. The molecule has 3 aromatic rings. The van der Waals surface area contributed by atoms with Crippen molar-refractivity contribution in [3.05, 3.63) is 29.9 Å². The second kappa shape index (κ2) is 3.89. The number of imidazole rings is 1. The monoisotopic (exact) mass is 279 g/mol. The average Bonchev–Trinajstić information content (AvgIpc) is 2.95. The number of thiazole rings is 1. The number of nitrogens with zero attached hydrogens (tertiary/aromatic N) is 2. The summed E-state index contributed by atoms with van der Waals surface area (Å²) in [5.41, 5.74) is 3.18. The Morgan fingerprint density at radius 1 is 1.33 bits per heavy atom. The van der Waals surface area contributed by atoms with Gasteiger partial charge in [0.1, 0.15) is 5.82 Å². The number of hydrogen-bond acceptors (Lipinski definition) is 5. The molecule has 0 amide bonds. The molecule has 2 aromatic heterocycles. The summed E-state index contributed by atoms with van der Waals surface area (Å²) in [4.78, 5) is 12.7. The summed E-state index contributed by atoms with van der Waals surface area (Å²) in [5.74, 6) is 0.707. The van der Waals surface area contributed by atoms with E-state index in [-0.39, 0.29) is 4.90 Å². The quantitative estimate of drug-likeness (QED) is 0.779. The van der Waals surface area contributed by atoms with Crippen molar-refractivity contribution in [2.75, 3.05) is 6.26 Å². The van der Waals surface area contributed by atoms with E-state index in [1.165, 1.54) is 17.6 Å². The maximum absolute atomic E-state index is 11.5. The zero-order valence-corrected chi connectivity index (χ0v) is 11.0. The maximum atomic E-state index is 11.5. The van der Waals surface area contributed by atoms with E-state index in [1.807, 2.05) is 0 Å². The molecule has 5 nitrogen and oxygen atoms in total. The molecule has 0 spiro atoms. The van der Waals surface area contributed by atoms with Crippen LogP contribution >= 0.6 is 11.3 Å². The maximum Gasteiger partial charge on any atom is 0.175 e. The van der Waals surface area contributed by atoms with Crippen molar-refractivity contribution in [3.8, 4) is 10.7 Å². The Labute approximate surface area is 107 Å². The fourth-order valence-corrected chi connectivity index (χ4v) is 2.88. The van der Waals surface area contributed by atoms with Crippen molar-refractivity contribution in [3.63, 3.8) is 0 Å². The second-order valence-electron chi connectivity index (χ2n) is 3.90. The Kier molecular flexibility index (Phi) is 2.46. The summed E-state index contributed by atoms with van der Waals surface area (Å²) in [5, 5.41) is 0. The summed E-state index contributed by atoms with van der Waals surface area (Å²) in [6, 6.07) is 4.86. The van der Waals surface area contributed by atoms with Gasteiger partial charge in [-0.2, -0.15) is 0 Å². The lowest BCUT2D eigenvalue weighted by Crippen LogP contribution is -1.96. The largest absolute Gasteiger partial charge is 0.337 e. The number of fused-ring (bicyclic) bond motifs is 1. The van der Waals surface area contributed by atoms with Crippen molar-refractivity contribution >= 4 is 32.2 Å². The van der Waals surface area contributed by atoms with Gasteiger partial charge in [-0.15, -0.1) is 11.3 Å². The predicted octanol–water partition coefficient (Wildman–Crippen LogP) is 2.09. The van der Waals surface area contributed by atoms with Crippen LogP contribution in [-0.2, 0) is 9.84 Å². The number of aromatic nitrogens is 3. The van der Waals surface area contributed by atoms with Crippen molar-refractivity contribution in [2.45, 2.75) is 4.90 Å². The fourth-order valence-electron chi connectivity index (χ4n) is 1.67. The van der Waals surface area contributed by atoms with E-state index < -0.39 is 9.84 Å². The van der Waals surface area contributed by atoms with E-state index in [4.69, 9.17) is 0 Å². The highest BCUT2D eigenvalue weighted by molar-refractivity contribution is 7.90. The Bertz CT molecular complexity index is 804. The molecule has 92 valence electrons. The highest BCUT2D eigenvalue weighted by atomic mass is 32.2. The van der Waals surface area contributed by atoms with E-state index in [0.717, 1.165) is 10.4 Å². The molecule has 0 bridgehead atoms. The van der Waals surface area contributed by atoms with E-state index in [9.17, 15) is 8.42 Å². The molecule has 0 unspecified atom stereocenters. The van der Waals surface area contributed by atoms with Gasteiger partial charge in [-0.1, -0.05) is 0 Å². The van der Waals surface area contributed by atoms with E-state index in [1.54, 1.807) is 29.9 Å². The van der Waals surface area contributed by atoms with Crippen LogP contribution in [0.1, 0.15) is 0 Å². The molecule has 0 saturated carbocycles. The molecule has 1 N–H and O–H groups in total. The van der Waals surface area contributed by atoms with Gasteiger partial charge in [-0.25, -0.2) is 13.4 Å². The van der Waals surface area contributed by atoms with Crippen LogP contribution in [0.5, 0.6) is 0 Å². The van der Waals surface area contributed by atoms with Gasteiger partial charge in [0.05, 0.1) is 26.3 Å². The molecular formula is C11H9N3O2S2. The van der Waals surface area contributed by atoms with Crippen LogP contribution in [-0.4, -0.2) is 29.6 Å². The zero-order valence-electron chi connectivity index (χ0n) is 9.41. The smallest absolute Gasteiger partial charge is 0.175 e. The molecule has 1 aromatic carbocycles. The lowest BCUT2D eigenvalue weighted by molar-refractivity contribution is 0.602. The minimum Gasteiger partial charge on any atom is -0.337 e. The molecule has 3 rings (SSSR count). The Morgan fingerprint density at radius 3 is 2.83 bits per heavy atom. The molecule has 0 saturated heterocycles. The molecule has 0 aliphatic rings. The van der Waals surface area contributed by atoms with Gasteiger partial charge in [0, 0.05) is 12.5 Å². The molecule has 0 fully saturated rings. The summed E-state index contributed by atoms with van der Waals surface area (Å²) in [6.07, 6.45) is 2.91.